The van der Waals surface area contributed by atoms with Crippen LogP contribution in [0.15, 0.2) is 24.3 Å². The first-order valence-electron chi connectivity index (χ1n) is 6.33. The summed E-state index contributed by atoms with van der Waals surface area (Å²) in [5, 5.41) is 14.6. The Balaban J connectivity index is 2.01. The van der Waals surface area contributed by atoms with Gasteiger partial charge < -0.3 is 15.0 Å². The molecule has 3 heteroatoms. The number of aryl methyl sites for hydroxylation is 1. The molecule has 2 aromatic rings. The quantitative estimate of drug-likeness (QED) is 0.847. The Hall–Kier alpha value is -1.48. The van der Waals surface area contributed by atoms with Gasteiger partial charge in [-0.3, -0.25) is 0 Å². The summed E-state index contributed by atoms with van der Waals surface area (Å²) >= 11 is 0. The third-order valence-electron chi connectivity index (χ3n) is 3.45. The van der Waals surface area contributed by atoms with Gasteiger partial charge in [-0.2, -0.15) is 0 Å². The summed E-state index contributed by atoms with van der Waals surface area (Å²) in [7, 11) is 0. The van der Waals surface area contributed by atoms with Crippen molar-refractivity contribution in [1.29, 1.82) is 0 Å². The van der Waals surface area contributed by atoms with E-state index in [1.807, 2.05) is 6.07 Å². The van der Waals surface area contributed by atoms with Crippen LogP contribution in [0, 0.1) is 0 Å². The zero-order valence-corrected chi connectivity index (χ0v) is 10.1. The highest BCUT2D eigenvalue weighted by Gasteiger charge is 2.21. The number of hydrogen-bond donors (Lipinski definition) is 2. The molecular formula is C14H18N2O. The lowest BCUT2D eigenvalue weighted by Crippen LogP contribution is -2.17. The molecule has 0 radical (unpaired) electrons. The number of hydrogen-bond acceptors (Lipinski definition) is 2. The Morgan fingerprint density at radius 1 is 1.41 bits per heavy atom. The number of phenols is 1. The Labute approximate surface area is 101 Å². The van der Waals surface area contributed by atoms with E-state index in [-0.39, 0.29) is 0 Å². The van der Waals surface area contributed by atoms with Crippen LogP contribution >= 0.6 is 0 Å². The second-order valence-electron chi connectivity index (χ2n) is 4.75. The van der Waals surface area contributed by atoms with Gasteiger partial charge in [0.05, 0.1) is 5.52 Å². The molecule has 0 aliphatic heterocycles. The maximum Gasteiger partial charge on any atom is 0.139 e. The van der Waals surface area contributed by atoms with Crippen LogP contribution in [-0.4, -0.2) is 15.7 Å². The van der Waals surface area contributed by atoms with Crippen molar-refractivity contribution in [3.63, 3.8) is 0 Å². The average Bonchev–Trinajstić information content (AvgIpc) is 3.07. The molecule has 0 saturated heterocycles. The van der Waals surface area contributed by atoms with Crippen LogP contribution in [0.5, 0.6) is 5.75 Å². The first kappa shape index (κ1) is 10.7. The maximum absolute atomic E-state index is 9.94. The lowest BCUT2D eigenvalue weighted by atomic mass is 10.2. The van der Waals surface area contributed by atoms with E-state index in [1.165, 1.54) is 18.5 Å². The molecule has 3 rings (SSSR count). The molecule has 1 aliphatic rings. The van der Waals surface area contributed by atoms with Gasteiger partial charge in [-0.1, -0.05) is 12.1 Å². The minimum Gasteiger partial charge on any atom is -0.506 e. The largest absolute Gasteiger partial charge is 0.506 e. The monoisotopic (exact) mass is 230 g/mol. The third-order valence-corrected chi connectivity index (χ3v) is 3.45. The zero-order chi connectivity index (χ0) is 11.8. The molecule has 0 amide bonds. The summed E-state index contributed by atoms with van der Waals surface area (Å²) in [6.45, 7) is 3.90. The Morgan fingerprint density at radius 2 is 2.24 bits per heavy atom. The van der Waals surface area contributed by atoms with Gasteiger partial charge in [0, 0.05) is 30.2 Å². The lowest BCUT2D eigenvalue weighted by molar-refractivity contribution is 0.477. The number of nitrogens with one attached hydrogen (secondary N) is 1. The number of aromatic nitrogens is 1. The summed E-state index contributed by atoms with van der Waals surface area (Å²) in [4.78, 5) is 0. The molecule has 1 aliphatic carbocycles. The smallest absolute Gasteiger partial charge is 0.139 e. The molecule has 1 heterocycles. The first-order chi connectivity index (χ1) is 8.29. The van der Waals surface area contributed by atoms with Gasteiger partial charge in [0.2, 0.25) is 0 Å². The molecule has 3 nitrogen and oxygen atoms in total. The lowest BCUT2D eigenvalue weighted by Gasteiger charge is -2.09. The molecule has 17 heavy (non-hydrogen) atoms. The summed E-state index contributed by atoms with van der Waals surface area (Å²) in [5.74, 6) is 0.377. The molecule has 1 saturated carbocycles. The number of benzene rings is 1. The van der Waals surface area contributed by atoms with Crippen LogP contribution in [0.4, 0.5) is 0 Å². The standard InChI is InChI=1S/C14H18N2O/c1-2-16-12(9-15-11-6-7-11)8-10-4-3-5-13(17)14(10)16/h3-5,8,11,15,17H,2,6-7,9H2,1H3. The molecule has 2 N–H and O–H groups in total. The maximum atomic E-state index is 9.94. The summed E-state index contributed by atoms with van der Waals surface area (Å²) in [5.41, 5.74) is 2.22. The number of rotatable bonds is 4. The highest BCUT2D eigenvalue weighted by Crippen LogP contribution is 2.28. The van der Waals surface area contributed by atoms with E-state index in [0.29, 0.717) is 11.8 Å². The van der Waals surface area contributed by atoms with Gasteiger partial charge in [0.25, 0.3) is 0 Å². The Bertz CT molecular complexity index is 540. The predicted octanol–water partition coefficient (Wildman–Crippen LogP) is 2.62. The van der Waals surface area contributed by atoms with Gasteiger partial charge >= 0.3 is 0 Å². The van der Waals surface area contributed by atoms with Crippen molar-refractivity contribution in [1.82, 2.24) is 9.88 Å². The molecule has 90 valence electrons. The number of nitrogens with zero attached hydrogens (tertiary/aromatic N) is 1. The van der Waals surface area contributed by atoms with E-state index >= 15 is 0 Å². The van der Waals surface area contributed by atoms with E-state index in [0.717, 1.165) is 24.0 Å². The second-order valence-corrected chi connectivity index (χ2v) is 4.75. The van der Waals surface area contributed by atoms with Crippen LogP contribution in [-0.2, 0) is 13.1 Å². The first-order valence-corrected chi connectivity index (χ1v) is 6.33. The average molecular weight is 230 g/mol. The van der Waals surface area contributed by atoms with Crippen molar-refractivity contribution in [3.05, 3.63) is 30.0 Å². The zero-order valence-electron chi connectivity index (χ0n) is 10.1. The van der Waals surface area contributed by atoms with Gasteiger partial charge in [-0.15, -0.1) is 0 Å². The summed E-state index contributed by atoms with van der Waals surface area (Å²) in [6, 6.07) is 8.60. The van der Waals surface area contributed by atoms with E-state index in [2.05, 4.69) is 28.9 Å². The van der Waals surface area contributed by atoms with E-state index in [1.54, 1.807) is 6.07 Å². The van der Waals surface area contributed by atoms with Gasteiger partial charge in [0.1, 0.15) is 5.75 Å². The number of fused-ring (bicyclic) bond motifs is 1. The summed E-state index contributed by atoms with van der Waals surface area (Å²) < 4.78 is 2.19. The minimum absolute atomic E-state index is 0.377. The third kappa shape index (κ3) is 1.91. The predicted molar refractivity (Wildman–Crippen MR) is 69.1 cm³/mol. The van der Waals surface area contributed by atoms with Gasteiger partial charge in [-0.05, 0) is 31.9 Å². The number of para-hydroxylation sites is 1. The highest BCUT2D eigenvalue weighted by molar-refractivity contribution is 5.86. The Kier molecular flexibility index (Phi) is 2.56. The molecule has 1 fully saturated rings. The fourth-order valence-corrected chi connectivity index (χ4v) is 2.40. The van der Waals surface area contributed by atoms with Crippen LogP contribution < -0.4 is 5.32 Å². The van der Waals surface area contributed by atoms with Crippen molar-refractivity contribution >= 4 is 10.9 Å². The molecule has 1 aromatic carbocycles. The highest BCUT2D eigenvalue weighted by atomic mass is 16.3. The fourth-order valence-electron chi connectivity index (χ4n) is 2.40. The topological polar surface area (TPSA) is 37.2 Å². The fraction of sp³-hybridized carbons (Fsp3) is 0.429. The Morgan fingerprint density at radius 3 is 2.94 bits per heavy atom. The van der Waals surface area contributed by atoms with Gasteiger partial charge in [0.15, 0.2) is 0 Å². The molecule has 0 spiro atoms. The molecule has 0 bridgehead atoms. The van der Waals surface area contributed by atoms with Crippen molar-refractivity contribution < 1.29 is 5.11 Å². The van der Waals surface area contributed by atoms with Crippen LogP contribution in [0.3, 0.4) is 0 Å². The normalized spacial score (nSPS) is 15.6. The van der Waals surface area contributed by atoms with Crippen molar-refractivity contribution in [2.75, 3.05) is 0 Å². The number of phenolic OH excluding ortho intramolecular Hbond substituents is 1. The van der Waals surface area contributed by atoms with E-state index in [4.69, 9.17) is 0 Å². The summed E-state index contributed by atoms with van der Waals surface area (Å²) in [6.07, 6.45) is 2.61. The molecule has 1 aromatic heterocycles. The SMILES string of the molecule is CCn1c(CNC2CC2)cc2cccc(O)c21. The molecular weight excluding hydrogens is 212 g/mol. The van der Waals surface area contributed by atoms with Crippen LogP contribution in [0.1, 0.15) is 25.5 Å². The van der Waals surface area contributed by atoms with Crippen molar-refractivity contribution in [2.24, 2.45) is 0 Å². The second kappa shape index (κ2) is 4.08. The van der Waals surface area contributed by atoms with E-state index < -0.39 is 0 Å². The van der Waals surface area contributed by atoms with Crippen molar-refractivity contribution in [3.8, 4) is 5.75 Å². The molecule has 0 unspecified atom stereocenters. The van der Waals surface area contributed by atoms with Crippen LogP contribution in [0.25, 0.3) is 10.9 Å². The molecule has 0 atom stereocenters. The van der Waals surface area contributed by atoms with Crippen molar-refractivity contribution in [2.45, 2.75) is 38.9 Å². The van der Waals surface area contributed by atoms with E-state index in [9.17, 15) is 5.11 Å². The van der Waals surface area contributed by atoms with Gasteiger partial charge in [-0.25, -0.2) is 0 Å². The van der Waals surface area contributed by atoms with Crippen LogP contribution in [0.2, 0.25) is 0 Å². The minimum atomic E-state index is 0.377. The number of aromatic hydroxyl groups is 1.